The molecular weight excluding hydrogens is 311 g/mol. The van der Waals surface area contributed by atoms with E-state index in [4.69, 9.17) is 16.6 Å². The number of aromatic nitrogens is 1. The maximum atomic E-state index is 6.07. The number of hydrogen-bond acceptors (Lipinski definition) is 3. The Morgan fingerprint density at radius 2 is 2.05 bits per heavy atom. The number of rotatable bonds is 2. The Morgan fingerprint density at radius 3 is 2.75 bits per heavy atom. The second-order valence-corrected chi connectivity index (χ2v) is 6.66. The summed E-state index contributed by atoms with van der Waals surface area (Å²) in [5, 5.41) is 5.46. The minimum atomic E-state index is 0. The van der Waals surface area contributed by atoms with Crippen molar-refractivity contribution in [3.8, 4) is 11.3 Å². The molecule has 1 aromatic carbocycles. The molecule has 0 aliphatic carbocycles. The van der Waals surface area contributed by atoms with Gasteiger partial charge in [-0.25, -0.2) is 4.98 Å². The molecule has 108 valence electrons. The highest BCUT2D eigenvalue weighted by Gasteiger charge is 2.20. The van der Waals surface area contributed by atoms with Gasteiger partial charge in [0.2, 0.25) is 0 Å². The van der Waals surface area contributed by atoms with Crippen LogP contribution in [0, 0.1) is 6.92 Å². The number of piperidine rings is 1. The van der Waals surface area contributed by atoms with E-state index >= 15 is 0 Å². The minimum Gasteiger partial charge on any atom is -0.317 e. The van der Waals surface area contributed by atoms with Crippen molar-refractivity contribution in [1.82, 2.24) is 10.3 Å². The summed E-state index contributed by atoms with van der Waals surface area (Å²) in [6.07, 6.45) is 2.39. The van der Waals surface area contributed by atoms with E-state index in [0.717, 1.165) is 29.4 Å². The number of nitrogens with one attached hydrogen (secondary N) is 1. The van der Waals surface area contributed by atoms with Crippen LogP contribution in [0.15, 0.2) is 24.3 Å². The quantitative estimate of drug-likeness (QED) is 0.867. The maximum Gasteiger partial charge on any atom is 0.0967 e. The summed E-state index contributed by atoms with van der Waals surface area (Å²) in [6, 6.07) is 7.97. The van der Waals surface area contributed by atoms with Gasteiger partial charge in [-0.2, -0.15) is 0 Å². The average Bonchev–Trinajstić information content (AvgIpc) is 2.82. The smallest absolute Gasteiger partial charge is 0.0967 e. The summed E-state index contributed by atoms with van der Waals surface area (Å²) >= 11 is 7.91. The molecule has 1 aliphatic heterocycles. The highest BCUT2D eigenvalue weighted by Crippen LogP contribution is 2.35. The van der Waals surface area contributed by atoms with Gasteiger partial charge >= 0.3 is 0 Å². The largest absolute Gasteiger partial charge is 0.317 e. The van der Waals surface area contributed by atoms with Crippen LogP contribution in [0.1, 0.15) is 28.6 Å². The van der Waals surface area contributed by atoms with Crippen LogP contribution in [-0.2, 0) is 0 Å². The Labute approximate surface area is 135 Å². The molecule has 2 heterocycles. The lowest BCUT2D eigenvalue weighted by atomic mass is 9.99. The van der Waals surface area contributed by atoms with Gasteiger partial charge < -0.3 is 5.32 Å². The minimum absolute atomic E-state index is 0. The first-order valence-electron chi connectivity index (χ1n) is 6.68. The van der Waals surface area contributed by atoms with Crippen LogP contribution >= 0.6 is 35.3 Å². The Balaban J connectivity index is 0.00000147. The van der Waals surface area contributed by atoms with Crippen molar-refractivity contribution in [2.45, 2.75) is 25.7 Å². The summed E-state index contributed by atoms with van der Waals surface area (Å²) in [7, 11) is 0. The third-order valence-electron chi connectivity index (χ3n) is 3.60. The van der Waals surface area contributed by atoms with Crippen molar-refractivity contribution in [2.75, 3.05) is 13.1 Å². The van der Waals surface area contributed by atoms with Gasteiger partial charge in [0.25, 0.3) is 0 Å². The second kappa shape index (κ2) is 6.90. The summed E-state index contributed by atoms with van der Waals surface area (Å²) in [5.74, 6) is 0.623. The first-order valence-corrected chi connectivity index (χ1v) is 7.87. The normalized spacial score (nSPS) is 15.9. The first-order chi connectivity index (χ1) is 9.24. The molecule has 0 atom stereocenters. The van der Waals surface area contributed by atoms with Crippen molar-refractivity contribution in [3.05, 3.63) is 39.2 Å². The van der Waals surface area contributed by atoms with Gasteiger partial charge in [0, 0.05) is 21.4 Å². The van der Waals surface area contributed by atoms with E-state index in [9.17, 15) is 0 Å². The highest BCUT2D eigenvalue weighted by atomic mass is 35.5. The molecule has 1 fully saturated rings. The molecular formula is C15H18Cl2N2S. The fourth-order valence-electron chi connectivity index (χ4n) is 2.56. The zero-order chi connectivity index (χ0) is 13.2. The predicted octanol–water partition coefficient (Wildman–Crippen LogP) is 4.66. The van der Waals surface area contributed by atoms with Crippen LogP contribution < -0.4 is 5.32 Å². The number of aryl methyl sites for hydroxylation is 1. The SMILES string of the molecule is Cc1sc(C2CCNCC2)nc1-c1cccc(Cl)c1.Cl. The molecule has 0 amide bonds. The summed E-state index contributed by atoms with van der Waals surface area (Å²) in [6.45, 7) is 4.37. The van der Waals surface area contributed by atoms with E-state index in [-0.39, 0.29) is 12.4 Å². The Bertz CT molecular complexity index is 577. The van der Waals surface area contributed by atoms with Crippen LogP contribution in [0.4, 0.5) is 0 Å². The van der Waals surface area contributed by atoms with E-state index in [0.29, 0.717) is 5.92 Å². The van der Waals surface area contributed by atoms with E-state index in [2.05, 4.69) is 18.3 Å². The second-order valence-electron chi connectivity index (χ2n) is 4.99. The molecule has 0 bridgehead atoms. The molecule has 1 N–H and O–H groups in total. The van der Waals surface area contributed by atoms with Crippen molar-refractivity contribution in [2.24, 2.45) is 0 Å². The lowest BCUT2D eigenvalue weighted by molar-refractivity contribution is 0.459. The molecule has 1 saturated heterocycles. The van der Waals surface area contributed by atoms with Crippen LogP contribution in [0.25, 0.3) is 11.3 Å². The topological polar surface area (TPSA) is 24.9 Å². The average molecular weight is 329 g/mol. The van der Waals surface area contributed by atoms with Crippen LogP contribution in [0.2, 0.25) is 5.02 Å². The number of nitrogens with zero attached hydrogens (tertiary/aromatic N) is 1. The number of thiazole rings is 1. The number of halogens is 2. The van der Waals surface area contributed by atoms with Crippen LogP contribution in [0.3, 0.4) is 0 Å². The Hall–Kier alpha value is -0.610. The van der Waals surface area contributed by atoms with Gasteiger partial charge in [-0.1, -0.05) is 23.7 Å². The molecule has 3 rings (SSSR count). The Kier molecular flexibility index (Phi) is 5.44. The van der Waals surface area contributed by atoms with Crippen molar-refractivity contribution in [3.63, 3.8) is 0 Å². The summed E-state index contributed by atoms with van der Waals surface area (Å²) in [5.41, 5.74) is 2.22. The monoisotopic (exact) mass is 328 g/mol. The van der Waals surface area contributed by atoms with E-state index in [1.54, 1.807) is 0 Å². The van der Waals surface area contributed by atoms with Gasteiger partial charge in [0.05, 0.1) is 10.7 Å². The Morgan fingerprint density at radius 1 is 1.30 bits per heavy atom. The third kappa shape index (κ3) is 3.34. The highest BCUT2D eigenvalue weighted by molar-refractivity contribution is 7.12. The number of benzene rings is 1. The fourth-order valence-corrected chi connectivity index (χ4v) is 3.87. The molecule has 2 nitrogen and oxygen atoms in total. The van der Waals surface area contributed by atoms with Crippen molar-refractivity contribution < 1.29 is 0 Å². The number of hydrogen-bond donors (Lipinski definition) is 1. The zero-order valence-electron chi connectivity index (χ0n) is 11.4. The maximum absolute atomic E-state index is 6.07. The van der Waals surface area contributed by atoms with E-state index < -0.39 is 0 Å². The predicted molar refractivity (Wildman–Crippen MR) is 89.4 cm³/mol. The molecule has 0 unspecified atom stereocenters. The first kappa shape index (κ1) is 15.8. The summed E-state index contributed by atoms with van der Waals surface area (Å²) in [4.78, 5) is 6.16. The molecule has 0 radical (unpaired) electrons. The zero-order valence-corrected chi connectivity index (χ0v) is 13.7. The van der Waals surface area contributed by atoms with Gasteiger partial charge in [0.1, 0.15) is 0 Å². The van der Waals surface area contributed by atoms with E-state index in [1.807, 2.05) is 29.5 Å². The van der Waals surface area contributed by atoms with Gasteiger partial charge in [-0.15, -0.1) is 23.7 Å². The lowest BCUT2D eigenvalue weighted by Gasteiger charge is -2.20. The van der Waals surface area contributed by atoms with Crippen molar-refractivity contribution >= 4 is 35.3 Å². The van der Waals surface area contributed by atoms with E-state index in [1.165, 1.54) is 22.7 Å². The van der Waals surface area contributed by atoms with Gasteiger partial charge in [0.15, 0.2) is 0 Å². The van der Waals surface area contributed by atoms with Gasteiger partial charge in [-0.05, 0) is 45.0 Å². The molecule has 20 heavy (non-hydrogen) atoms. The van der Waals surface area contributed by atoms with Gasteiger partial charge in [-0.3, -0.25) is 0 Å². The fraction of sp³-hybridized carbons (Fsp3) is 0.400. The van der Waals surface area contributed by atoms with Crippen LogP contribution in [0.5, 0.6) is 0 Å². The molecule has 1 aromatic heterocycles. The molecule has 0 spiro atoms. The van der Waals surface area contributed by atoms with Crippen molar-refractivity contribution in [1.29, 1.82) is 0 Å². The third-order valence-corrected chi connectivity index (χ3v) is 4.97. The molecule has 2 aromatic rings. The standard InChI is InChI=1S/C15H17ClN2S.ClH/c1-10-14(12-3-2-4-13(16)9-12)18-15(19-10)11-5-7-17-8-6-11;/h2-4,9,11,17H,5-8H2,1H3;1H. The lowest BCUT2D eigenvalue weighted by Crippen LogP contribution is -2.26. The van der Waals surface area contributed by atoms with Crippen LogP contribution in [-0.4, -0.2) is 18.1 Å². The molecule has 5 heteroatoms. The molecule has 1 aliphatic rings. The summed E-state index contributed by atoms with van der Waals surface area (Å²) < 4.78 is 0. The molecule has 0 saturated carbocycles.